The highest BCUT2D eigenvalue weighted by Gasteiger charge is 2.16. The number of benzene rings is 2. The fraction of sp³-hybridized carbons (Fsp3) is 0.250. The van der Waals surface area contributed by atoms with E-state index in [0.29, 0.717) is 16.5 Å². The van der Waals surface area contributed by atoms with Crippen molar-refractivity contribution in [1.82, 2.24) is 0 Å². The van der Waals surface area contributed by atoms with E-state index in [-0.39, 0.29) is 5.56 Å². The molecule has 112 valence electrons. The lowest BCUT2D eigenvalue weighted by Crippen LogP contribution is -2.10. The number of hydrogen-bond donors (Lipinski definition) is 1. The van der Waals surface area contributed by atoms with Crippen LogP contribution in [0.3, 0.4) is 0 Å². The third-order valence-electron chi connectivity index (χ3n) is 3.30. The van der Waals surface area contributed by atoms with Gasteiger partial charge in [0.05, 0.1) is 18.8 Å². The van der Waals surface area contributed by atoms with Gasteiger partial charge in [-0.25, -0.2) is 8.78 Å². The molecule has 1 atom stereocenters. The first-order valence-corrected chi connectivity index (χ1v) is 6.86. The number of aryl methyl sites for hydroxylation is 1. The molecular formula is C16H16ClF2NO. The molecule has 0 saturated heterocycles. The Morgan fingerprint density at radius 1 is 1.24 bits per heavy atom. The fourth-order valence-electron chi connectivity index (χ4n) is 2.11. The third-order valence-corrected chi connectivity index (χ3v) is 3.71. The van der Waals surface area contributed by atoms with Gasteiger partial charge in [0.2, 0.25) is 0 Å². The van der Waals surface area contributed by atoms with Gasteiger partial charge in [-0.3, -0.25) is 0 Å². The highest BCUT2D eigenvalue weighted by molar-refractivity contribution is 6.31. The lowest BCUT2D eigenvalue weighted by atomic mass is 10.1. The quantitative estimate of drug-likeness (QED) is 0.847. The fourth-order valence-corrected chi connectivity index (χ4v) is 2.26. The summed E-state index contributed by atoms with van der Waals surface area (Å²) in [6, 6.07) is 7.21. The summed E-state index contributed by atoms with van der Waals surface area (Å²) in [5.74, 6) is -1.16. The first-order chi connectivity index (χ1) is 9.93. The Morgan fingerprint density at radius 3 is 2.62 bits per heavy atom. The monoisotopic (exact) mass is 311 g/mol. The van der Waals surface area contributed by atoms with Crippen molar-refractivity contribution in [2.45, 2.75) is 19.9 Å². The van der Waals surface area contributed by atoms with Gasteiger partial charge >= 0.3 is 0 Å². The molecule has 0 aliphatic carbocycles. The number of nitrogens with one attached hydrogen (secondary N) is 1. The summed E-state index contributed by atoms with van der Waals surface area (Å²) in [6.07, 6.45) is 0. The maximum atomic E-state index is 13.8. The second-order valence-corrected chi connectivity index (χ2v) is 5.22. The van der Waals surface area contributed by atoms with Crippen molar-refractivity contribution in [3.63, 3.8) is 0 Å². The van der Waals surface area contributed by atoms with Gasteiger partial charge in [0.15, 0.2) is 11.6 Å². The molecule has 2 nitrogen and oxygen atoms in total. The molecule has 1 unspecified atom stereocenters. The zero-order valence-corrected chi connectivity index (χ0v) is 12.8. The predicted octanol–water partition coefficient (Wildman–Crippen LogP) is 5.11. The van der Waals surface area contributed by atoms with Gasteiger partial charge in [-0.15, -0.1) is 0 Å². The molecule has 0 radical (unpaired) electrons. The number of hydrogen-bond acceptors (Lipinski definition) is 2. The molecule has 0 aliphatic heterocycles. The number of halogens is 3. The van der Waals surface area contributed by atoms with Crippen molar-refractivity contribution >= 4 is 17.3 Å². The topological polar surface area (TPSA) is 21.3 Å². The van der Waals surface area contributed by atoms with Crippen LogP contribution in [0.25, 0.3) is 0 Å². The molecule has 0 aliphatic rings. The van der Waals surface area contributed by atoms with Crippen molar-refractivity contribution < 1.29 is 13.5 Å². The molecule has 0 aromatic heterocycles. The first kappa shape index (κ1) is 15.6. The average Bonchev–Trinajstić information content (AvgIpc) is 2.45. The second kappa shape index (κ2) is 6.31. The first-order valence-electron chi connectivity index (χ1n) is 6.48. The van der Waals surface area contributed by atoms with Crippen LogP contribution >= 0.6 is 11.6 Å². The molecule has 0 bridgehead atoms. The molecule has 1 N–H and O–H groups in total. The largest absolute Gasteiger partial charge is 0.495 e. The summed E-state index contributed by atoms with van der Waals surface area (Å²) in [5, 5.41) is 3.71. The minimum atomic E-state index is -0.861. The number of anilines is 1. The van der Waals surface area contributed by atoms with Crippen molar-refractivity contribution in [2.24, 2.45) is 0 Å². The van der Waals surface area contributed by atoms with Crippen LogP contribution in [0, 0.1) is 18.6 Å². The Bertz CT molecular complexity index is 661. The molecule has 2 aromatic carbocycles. The van der Waals surface area contributed by atoms with Crippen molar-refractivity contribution in [3.05, 3.63) is 58.1 Å². The number of rotatable bonds is 4. The molecular weight excluding hydrogens is 296 g/mol. The van der Waals surface area contributed by atoms with E-state index in [9.17, 15) is 8.78 Å². The molecule has 0 saturated carbocycles. The zero-order chi connectivity index (χ0) is 15.6. The van der Waals surface area contributed by atoms with Gasteiger partial charge in [-0.2, -0.15) is 0 Å². The summed E-state index contributed by atoms with van der Waals surface area (Å²) in [4.78, 5) is 0. The highest BCUT2D eigenvalue weighted by atomic mass is 35.5. The summed E-state index contributed by atoms with van der Waals surface area (Å²) in [7, 11) is 1.53. The minimum absolute atomic E-state index is 0.254. The van der Waals surface area contributed by atoms with E-state index >= 15 is 0 Å². The van der Waals surface area contributed by atoms with E-state index in [0.717, 1.165) is 11.6 Å². The van der Waals surface area contributed by atoms with E-state index in [1.165, 1.54) is 13.2 Å². The SMILES string of the molecule is COc1cc(Cl)c(C)cc1NC(C)c1cccc(F)c1F. The third kappa shape index (κ3) is 3.27. The Balaban J connectivity index is 2.33. The second-order valence-electron chi connectivity index (χ2n) is 4.81. The molecule has 0 fully saturated rings. The van der Waals surface area contributed by atoms with Gasteiger partial charge in [-0.05, 0) is 31.5 Å². The molecule has 0 spiro atoms. The average molecular weight is 312 g/mol. The van der Waals surface area contributed by atoms with E-state index < -0.39 is 17.7 Å². The van der Waals surface area contributed by atoms with Crippen LogP contribution in [0.15, 0.2) is 30.3 Å². The maximum absolute atomic E-state index is 13.8. The number of methoxy groups -OCH3 is 1. The van der Waals surface area contributed by atoms with Gasteiger partial charge in [-0.1, -0.05) is 23.7 Å². The maximum Gasteiger partial charge on any atom is 0.164 e. The minimum Gasteiger partial charge on any atom is -0.495 e. The van der Waals surface area contributed by atoms with Crippen LogP contribution in [0.4, 0.5) is 14.5 Å². The van der Waals surface area contributed by atoms with Crippen LogP contribution in [0.2, 0.25) is 5.02 Å². The molecule has 2 aromatic rings. The van der Waals surface area contributed by atoms with Crippen molar-refractivity contribution in [2.75, 3.05) is 12.4 Å². The van der Waals surface area contributed by atoms with E-state index in [1.807, 2.05) is 13.0 Å². The number of ether oxygens (including phenoxy) is 1. The van der Waals surface area contributed by atoms with E-state index in [4.69, 9.17) is 16.3 Å². The summed E-state index contributed by atoms with van der Waals surface area (Å²) < 4.78 is 32.4. The summed E-state index contributed by atoms with van der Waals surface area (Å²) >= 11 is 6.05. The highest BCUT2D eigenvalue weighted by Crippen LogP contribution is 2.33. The standard InChI is InChI=1S/C16H16ClF2NO/c1-9-7-14(15(21-3)8-12(9)17)20-10(2)11-5-4-6-13(18)16(11)19/h4-8,10,20H,1-3H3. The van der Waals surface area contributed by atoms with Crippen LogP contribution in [-0.2, 0) is 0 Å². The van der Waals surface area contributed by atoms with Gasteiger partial charge in [0, 0.05) is 16.7 Å². The molecule has 0 amide bonds. The summed E-state index contributed by atoms with van der Waals surface area (Å²) in [5.41, 5.74) is 1.80. The van der Waals surface area contributed by atoms with Crippen LogP contribution in [-0.4, -0.2) is 7.11 Å². The predicted molar refractivity (Wildman–Crippen MR) is 81.1 cm³/mol. The van der Waals surface area contributed by atoms with Gasteiger partial charge < -0.3 is 10.1 Å². The Hall–Kier alpha value is -1.81. The van der Waals surface area contributed by atoms with Gasteiger partial charge in [0.1, 0.15) is 5.75 Å². The summed E-state index contributed by atoms with van der Waals surface area (Å²) in [6.45, 7) is 3.61. The normalized spacial score (nSPS) is 12.1. The molecule has 21 heavy (non-hydrogen) atoms. The van der Waals surface area contributed by atoms with E-state index in [2.05, 4.69) is 5.32 Å². The Morgan fingerprint density at radius 2 is 1.95 bits per heavy atom. The Labute approximate surface area is 127 Å². The van der Waals surface area contributed by atoms with Crippen LogP contribution < -0.4 is 10.1 Å². The van der Waals surface area contributed by atoms with Crippen LogP contribution in [0.5, 0.6) is 5.75 Å². The van der Waals surface area contributed by atoms with E-state index in [1.54, 1.807) is 19.1 Å². The van der Waals surface area contributed by atoms with Crippen molar-refractivity contribution in [3.8, 4) is 5.75 Å². The van der Waals surface area contributed by atoms with Crippen molar-refractivity contribution in [1.29, 1.82) is 0 Å². The lowest BCUT2D eigenvalue weighted by Gasteiger charge is -2.19. The molecule has 5 heteroatoms. The lowest BCUT2D eigenvalue weighted by molar-refractivity contribution is 0.416. The van der Waals surface area contributed by atoms with Gasteiger partial charge in [0.25, 0.3) is 0 Å². The molecule has 2 rings (SSSR count). The zero-order valence-electron chi connectivity index (χ0n) is 12.0. The molecule has 0 heterocycles. The smallest absolute Gasteiger partial charge is 0.164 e. The Kier molecular flexibility index (Phi) is 4.68. The van der Waals surface area contributed by atoms with Crippen LogP contribution in [0.1, 0.15) is 24.1 Å².